The lowest BCUT2D eigenvalue weighted by Gasteiger charge is -2.20. The van der Waals surface area contributed by atoms with Crippen LogP contribution < -0.4 is 5.32 Å². The molecule has 0 saturated heterocycles. The van der Waals surface area contributed by atoms with Crippen molar-refractivity contribution in [3.05, 3.63) is 18.2 Å². The van der Waals surface area contributed by atoms with Crippen LogP contribution in [0.5, 0.6) is 0 Å². The van der Waals surface area contributed by atoms with Crippen LogP contribution in [0.1, 0.15) is 58.2 Å². The molecule has 1 aliphatic rings. The summed E-state index contributed by atoms with van der Waals surface area (Å²) in [7, 11) is 0. The molecular weight excluding hydrogens is 248 g/mol. The smallest absolute Gasteiger partial charge is 0.0951 e. The zero-order chi connectivity index (χ0) is 14.4. The van der Waals surface area contributed by atoms with Crippen molar-refractivity contribution in [2.24, 2.45) is 0 Å². The summed E-state index contributed by atoms with van der Waals surface area (Å²) < 4.78 is 2.34. The minimum atomic E-state index is 0.577. The Bertz CT molecular complexity index is 380. The minimum Gasteiger partial charge on any atom is -0.330 e. The van der Waals surface area contributed by atoms with Crippen LogP contribution in [0.15, 0.2) is 12.5 Å². The molecule has 4 nitrogen and oxygen atoms in total. The molecule has 2 rings (SSSR count). The van der Waals surface area contributed by atoms with E-state index in [4.69, 9.17) is 0 Å². The zero-order valence-corrected chi connectivity index (χ0v) is 13.3. The van der Waals surface area contributed by atoms with Crippen LogP contribution in [0.25, 0.3) is 0 Å². The Morgan fingerprint density at radius 3 is 2.80 bits per heavy atom. The van der Waals surface area contributed by atoms with Gasteiger partial charge < -0.3 is 14.8 Å². The molecule has 4 heteroatoms. The third kappa shape index (κ3) is 4.60. The zero-order valence-electron chi connectivity index (χ0n) is 13.3. The van der Waals surface area contributed by atoms with Gasteiger partial charge in [-0.15, -0.1) is 0 Å². The molecule has 114 valence electrons. The van der Waals surface area contributed by atoms with E-state index in [-0.39, 0.29) is 0 Å². The van der Waals surface area contributed by atoms with E-state index in [1.54, 1.807) is 0 Å². The topological polar surface area (TPSA) is 33.1 Å². The molecule has 0 bridgehead atoms. The molecule has 1 atom stereocenters. The van der Waals surface area contributed by atoms with Crippen molar-refractivity contribution in [1.82, 2.24) is 19.8 Å². The number of imidazole rings is 1. The van der Waals surface area contributed by atoms with Gasteiger partial charge in [0.15, 0.2) is 0 Å². The standard InChI is InChI=1S/C16H30N4/c1-4-19(5-2)10-6-7-14(3)18-12-16-11-17-13-20(16)15-8-9-15/h11,13-15,18H,4-10,12H2,1-3H3. The molecule has 1 fully saturated rings. The van der Waals surface area contributed by atoms with Gasteiger partial charge in [0.2, 0.25) is 0 Å². The lowest BCUT2D eigenvalue weighted by atomic mass is 10.1. The van der Waals surface area contributed by atoms with Gasteiger partial charge in [-0.05, 0) is 52.2 Å². The highest BCUT2D eigenvalue weighted by molar-refractivity contribution is 5.03. The van der Waals surface area contributed by atoms with Gasteiger partial charge in [-0.3, -0.25) is 0 Å². The van der Waals surface area contributed by atoms with Crippen LogP contribution in [0, 0.1) is 0 Å². The molecule has 0 radical (unpaired) electrons. The highest BCUT2D eigenvalue weighted by atomic mass is 15.1. The Morgan fingerprint density at radius 1 is 1.40 bits per heavy atom. The lowest BCUT2D eigenvalue weighted by Crippen LogP contribution is -2.29. The fourth-order valence-electron chi connectivity index (χ4n) is 2.69. The van der Waals surface area contributed by atoms with Crippen LogP contribution >= 0.6 is 0 Å². The number of rotatable bonds is 10. The normalized spacial score (nSPS) is 16.8. The monoisotopic (exact) mass is 278 g/mol. The summed E-state index contributed by atoms with van der Waals surface area (Å²) in [5.41, 5.74) is 1.34. The molecule has 0 amide bonds. The van der Waals surface area contributed by atoms with Gasteiger partial charge in [-0.25, -0.2) is 4.98 Å². The number of hydrogen-bond donors (Lipinski definition) is 1. The molecule has 1 aliphatic carbocycles. The Labute approximate surface area is 123 Å². The van der Waals surface area contributed by atoms with Crippen molar-refractivity contribution in [3.8, 4) is 0 Å². The second-order valence-electron chi connectivity index (χ2n) is 5.97. The van der Waals surface area contributed by atoms with Crippen molar-refractivity contribution in [3.63, 3.8) is 0 Å². The summed E-state index contributed by atoms with van der Waals surface area (Å²) in [6.07, 6.45) is 9.16. The van der Waals surface area contributed by atoms with E-state index in [1.165, 1.54) is 51.0 Å². The quantitative estimate of drug-likeness (QED) is 0.714. The maximum absolute atomic E-state index is 4.29. The Balaban J connectivity index is 1.64. The molecule has 20 heavy (non-hydrogen) atoms. The predicted octanol–water partition coefficient (Wildman–Crippen LogP) is 2.82. The average molecular weight is 278 g/mol. The van der Waals surface area contributed by atoms with Crippen LogP contribution in [0.3, 0.4) is 0 Å². The van der Waals surface area contributed by atoms with E-state index < -0.39 is 0 Å². The summed E-state index contributed by atoms with van der Waals surface area (Å²) in [6, 6.07) is 1.31. The molecule has 0 spiro atoms. The number of hydrogen-bond acceptors (Lipinski definition) is 3. The number of nitrogens with one attached hydrogen (secondary N) is 1. The molecule has 1 heterocycles. The van der Waals surface area contributed by atoms with Gasteiger partial charge >= 0.3 is 0 Å². The highest BCUT2D eigenvalue weighted by Crippen LogP contribution is 2.35. The first kappa shape index (κ1) is 15.5. The number of aromatic nitrogens is 2. The predicted molar refractivity (Wildman–Crippen MR) is 83.8 cm³/mol. The fraction of sp³-hybridized carbons (Fsp3) is 0.812. The van der Waals surface area contributed by atoms with Gasteiger partial charge in [-0.1, -0.05) is 13.8 Å². The first-order valence-electron chi connectivity index (χ1n) is 8.21. The minimum absolute atomic E-state index is 0.577. The third-order valence-corrected chi connectivity index (χ3v) is 4.32. The first-order valence-corrected chi connectivity index (χ1v) is 8.21. The van der Waals surface area contributed by atoms with Crippen LogP contribution in [-0.4, -0.2) is 40.1 Å². The van der Waals surface area contributed by atoms with E-state index >= 15 is 0 Å². The van der Waals surface area contributed by atoms with Gasteiger partial charge in [-0.2, -0.15) is 0 Å². The Kier molecular flexibility index (Phi) is 6.05. The van der Waals surface area contributed by atoms with E-state index in [9.17, 15) is 0 Å². The summed E-state index contributed by atoms with van der Waals surface area (Å²) in [6.45, 7) is 11.3. The molecule has 1 unspecified atom stereocenters. The van der Waals surface area contributed by atoms with E-state index in [1.807, 2.05) is 12.5 Å². The largest absolute Gasteiger partial charge is 0.330 e. The molecule has 0 aliphatic heterocycles. The maximum atomic E-state index is 4.29. The van der Waals surface area contributed by atoms with Crippen LogP contribution in [0.2, 0.25) is 0 Å². The van der Waals surface area contributed by atoms with Gasteiger partial charge in [0.05, 0.1) is 12.0 Å². The summed E-state index contributed by atoms with van der Waals surface area (Å²) in [5.74, 6) is 0. The summed E-state index contributed by atoms with van der Waals surface area (Å²) >= 11 is 0. The van der Waals surface area contributed by atoms with Crippen LogP contribution in [-0.2, 0) is 6.54 Å². The average Bonchev–Trinajstić information content (AvgIpc) is 3.20. The molecule has 1 aromatic rings. The van der Waals surface area contributed by atoms with Crippen LogP contribution in [0.4, 0.5) is 0 Å². The van der Waals surface area contributed by atoms with Crippen molar-refractivity contribution >= 4 is 0 Å². The molecular formula is C16H30N4. The molecule has 1 N–H and O–H groups in total. The third-order valence-electron chi connectivity index (χ3n) is 4.32. The summed E-state index contributed by atoms with van der Waals surface area (Å²) in [5, 5.41) is 3.64. The SMILES string of the molecule is CCN(CC)CCCC(C)NCc1cncn1C1CC1. The van der Waals surface area contributed by atoms with Gasteiger partial charge in [0.1, 0.15) is 0 Å². The highest BCUT2D eigenvalue weighted by Gasteiger charge is 2.25. The first-order chi connectivity index (χ1) is 9.74. The number of nitrogens with zero attached hydrogens (tertiary/aromatic N) is 3. The second-order valence-corrected chi connectivity index (χ2v) is 5.97. The maximum Gasteiger partial charge on any atom is 0.0951 e. The lowest BCUT2D eigenvalue weighted by molar-refractivity contribution is 0.290. The van der Waals surface area contributed by atoms with Gasteiger partial charge in [0, 0.05) is 24.8 Å². The van der Waals surface area contributed by atoms with E-state index in [0.29, 0.717) is 6.04 Å². The molecule has 1 aromatic heterocycles. The van der Waals surface area contributed by atoms with Crippen molar-refractivity contribution in [1.29, 1.82) is 0 Å². The van der Waals surface area contributed by atoms with E-state index in [2.05, 4.69) is 40.5 Å². The summed E-state index contributed by atoms with van der Waals surface area (Å²) in [4.78, 5) is 6.78. The van der Waals surface area contributed by atoms with Crippen molar-refractivity contribution < 1.29 is 0 Å². The van der Waals surface area contributed by atoms with E-state index in [0.717, 1.165) is 12.6 Å². The van der Waals surface area contributed by atoms with Gasteiger partial charge in [0.25, 0.3) is 0 Å². The Morgan fingerprint density at radius 2 is 2.15 bits per heavy atom. The Hall–Kier alpha value is -0.870. The van der Waals surface area contributed by atoms with Crippen molar-refractivity contribution in [2.45, 2.75) is 65.1 Å². The molecule has 1 saturated carbocycles. The fourth-order valence-corrected chi connectivity index (χ4v) is 2.69. The second kappa shape index (κ2) is 7.79. The van der Waals surface area contributed by atoms with Crippen molar-refractivity contribution in [2.75, 3.05) is 19.6 Å². The molecule has 0 aromatic carbocycles.